The largest absolute Gasteiger partial charge is 0.508 e. The first kappa shape index (κ1) is 17.3. The van der Waals surface area contributed by atoms with Gasteiger partial charge in [-0.2, -0.15) is 0 Å². The number of phenolic OH excluding ortho intramolecular Hbond substituents is 1. The molecule has 0 aliphatic rings. The van der Waals surface area contributed by atoms with Crippen LogP contribution in [0.15, 0.2) is 91.1 Å². The molecule has 0 bridgehead atoms. The minimum Gasteiger partial charge on any atom is -0.508 e. The molecule has 4 aromatic rings. The second-order valence-electron chi connectivity index (χ2n) is 6.71. The highest BCUT2D eigenvalue weighted by Crippen LogP contribution is 2.36. The third-order valence-corrected chi connectivity index (χ3v) is 4.94. The standard InChI is InChI=1S/C24H22N2O/c1-17(18-9-3-2-4-10-18)26-24(21-13-7-8-16-25-21)23-20-12-6-5-11-19(20)14-15-22(23)27/h2-17,24,26-27H,1H3. The summed E-state index contributed by atoms with van der Waals surface area (Å²) in [6.45, 7) is 2.13. The topological polar surface area (TPSA) is 45.2 Å². The number of nitrogens with zero attached hydrogens (tertiary/aromatic N) is 1. The van der Waals surface area contributed by atoms with E-state index in [1.54, 1.807) is 12.3 Å². The van der Waals surface area contributed by atoms with Crippen LogP contribution in [0.1, 0.15) is 35.8 Å². The maximum atomic E-state index is 10.8. The summed E-state index contributed by atoms with van der Waals surface area (Å²) in [5.41, 5.74) is 2.93. The lowest BCUT2D eigenvalue weighted by Gasteiger charge is -2.25. The van der Waals surface area contributed by atoms with Crippen LogP contribution >= 0.6 is 0 Å². The van der Waals surface area contributed by atoms with E-state index in [1.165, 1.54) is 5.56 Å². The summed E-state index contributed by atoms with van der Waals surface area (Å²) in [6.07, 6.45) is 1.79. The first-order valence-electron chi connectivity index (χ1n) is 9.16. The number of benzene rings is 3. The van der Waals surface area contributed by atoms with E-state index < -0.39 is 0 Å². The molecule has 1 aromatic heterocycles. The normalized spacial score (nSPS) is 13.4. The maximum absolute atomic E-state index is 10.8. The average Bonchev–Trinajstić information content (AvgIpc) is 2.73. The maximum Gasteiger partial charge on any atom is 0.121 e. The van der Waals surface area contributed by atoms with Gasteiger partial charge < -0.3 is 5.11 Å². The fraction of sp³-hybridized carbons (Fsp3) is 0.125. The van der Waals surface area contributed by atoms with E-state index in [9.17, 15) is 5.11 Å². The van der Waals surface area contributed by atoms with Gasteiger partial charge in [0.2, 0.25) is 0 Å². The second-order valence-corrected chi connectivity index (χ2v) is 6.71. The van der Waals surface area contributed by atoms with Crippen molar-refractivity contribution in [3.05, 3.63) is 108 Å². The Bertz CT molecular complexity index is 1030. The van der Waals surface area contributed by atoms with Crippen molar-refractivity contribution in [2.75, 3.05) is 0 Å². The van der Waals surface area contributed by atoms with Crippen molar-refractivity contribution in [3.63, 3.8) is 0 Å². The Labute approximate surface area is 159 Å². The van der Waals surface area contributed by atoms with Gasteiger partial charge in [-0.3, -0.25) is 10.3 Å². The number of aromatic nitrogens is 1. The fourth-order valence-electron chi connectivity index (χ4n) is 3.54. The third kappa shape index (κ3) is 3.55. The first-order valence-corrected chi connectivity index (χ1v) is 9.16. The van der Waals surface area contributed by atoms with Crippen molar-refractivity contribution in [1.29, 1.82) is 0 Å². The Hall–Kier alpha value is -3.17. The molecule has 0 radical (unpaired) electrons. The van der Waals surface area contributed by atoms with Gasteiger partial charge in [-0.15, -0.1) is 0 Å². The van der Waals surface area contributed by atoms with Crippen LogP contribution in [0.2, 0.25) is 0 Å². The van der Waals surface area contributed by atoms with Crippen LogP contribution < -0.4 is 5.32 Å². The predicted molar refractivity (Wildman–Crippen MR) is 110 cm³/mol. The zero-order valence-electron chi connectivity index (χ0n) is 15.2. The Kier molecular flexibility index (Phi) is 4.86. The monoisotopic (exact) mass is 354 g/mol. The molecule has 1 heterocycles. The van der Waals surface area contributed by atoms with E-state index in [0.29, 0.717) is 0 Å². The van der Waals surface area contributed by atoms with Crippen LogP contribution in [0.5, 0.6) is 5.75 Å². The van der Waals surface area contributed by atoms with E-state index in [2.05, 4.69) is 41.5 Å². The van der Waals surface area contributed by atoms with Crippen molar-refractivity contribution in [2.45, 2.75) is 19.0 Å². The molecule has 0 amide bonds. The highest BCUT2D eigenvalue weighted by Gasteiger charge is 2.23. The number of rotatable bonds is 5. The van der Waals surface area contributed by atoms with E-state index >= 15 is 0 Å². The first-order chi connectivity index (χ1) is 13.2. The Morgan fingerprint density at radius 3 is 2.33 bits per heavy atom. The van der Waals surface area contributed by atoms with E-state index in [1.807, 2.05) is 54.6 Å². The molecule has 2 unspecified atom stereocenters. The van der Waals surface area contributed by atoms with Crippen LogP contribution in [0.25, 0.3) is 10.8 Å². The van der Waals surface area contributed by atoms with Crippen LogP contribution in [0.4, 0.5) is 0 Å². The minimum atomic E-state index is -0.229. The van der Waals surface area contributed by atoms with Crippen LogP contribution in [0, 0.1) is 0 Å². The molecular formula is C24H22N2O. The lowest BCUT2D eigenvalue weighted by atomic mass is 9.94. The van der Waals surface area contributed by atoms with Crippen molar-refractivity contribution in [3.8, 4) is 5.75 Å². The molecule has 3 aromatic carbocycles. The Morgan fingerprint density at radius 2 is 1.56 bits per heavy atom. The van der Waals surface area contributed by atoms with Crippen LogP contribution in [0.3, 0.4) is 0 Å². The molecule has 0 aliphatic heterocycles. The molecule has 0 saturated heterocycles. The summed E-state index contributed by atoms with van der Waals surface area (Å²) >= 11 is 0. The SMILES string of the molecule is CC(NC(c1ccccn1)c1c(O)ccc2ccccc12)c1ccccc1. The summed E-state index contributed by atoms with van der Waals surface area (Å²) in [4.78, 5) is 4.58. The lowest BCUT2D eigenvalue weighted by Crippen LogP contribution is -2.26. The molecule has 0 aliphatic carbocycles. The molecule has 2 atom stereocenters. The van der Waals surface area contributed by atoms with Crippen molar-refractivity contribution < 1.29 is 5.11 Å². The van der Waals surface area contributed by atoms with Crippen molar-refractivity contribution in [1.82, 2.24) is 10.3 Å². The van der Waals surface area contributed by atoms with Gasteiger partial charge in [-0.1, -0.05) is 66.7 Å². The minimum absolute atomic E-state index is 0.0941. The van der Waals surface area contributed by atoms with E-state index in [-0.39, 0.29) is 17.8 Å². The van der Waals surface area contributed by atoms with Gasteiger partial charge in [0.25, 0.3) is 0 Å². The highest BCUT2D eigenvalue weighted by atomic mass is 16.3. The van der Waals surface area contributed by atoms with Gasteiger partial charge in [-0.25, -0.2) is 0 Å². The molecule has 2 N–H and O–H groups in total. The van der Waals surface area contributed by atoms with Gasteiger partial charge in [0.05, 0.1) is 11.7 Å². The summed E-state index contributed by atoms with van der Waals surface area (Å²) in [5, 5.41) is 16.6. The number of nitrogens with one attached hydrogen (secondary N) is 1. The molecule has 4 rings (SSSR count). The van der Waals surface area contributed by atoms with Crippen LogP contribution in [-0.2, 0) is 0 Å². The molecule has 0 fully saturated rings. The summed E-state index contributed by atoms with van der Waals surface area (Å²) in [6, 6.07) is 27.9. The van der Waals surface area contributed by atoms with Gasteiger partial charge in [-0.05, 0) is 41.5 Å². The number of hydrogen-bond donors (Lipinski definition) is 2. The summed E-state index contributed by atoms with van der Waals surface area (Å²) in [5.74, 6) is 0.275. The summed E-state index contributed by atoms with van der Waals surface area (Å²) < 4.78 is 0. The molecule has 0 spiro atoms. The lowest BCUT2D eigenvalue weighted by molar-refractivity contribution is 0.446. The molecule has 3 nitrogen and oxygen atoms in total. The van der Waals surface area contributed by atoms with Gasteiger partial charge in [0, 0.05) is 17.8 Å². The number of pyridine rings is 1. The molecule has 3 heteroatoms. The molecular weight excluding hydrogens is 332 g/mol. The van der Waals surface area contributed by atoms with Crippen molar-refractivity contribution in [2.24, 2.45) is 0 Å². The van der Waals surface area contributed by atoms with Gasteiger partial charge in [0.1, 0.15) is 5.75 Å². The average molecular weight is 354 g/mol. The number of hydrogen-bond acceptors (Lipinski definition) is 3. The van der Waals surface area contributed by atoms with E-state index in [4.69, 9.17) is 0 Å². The zero-order valence-corrected chi connectivity index (χ0v) is 15.2. The Balaban J connectivity index is 1.84. The fourth-order valence-corrected chi connectivity index (χ4v) is 3.54. The van der Waals surface area contributed by atoms with Crippen LogP contribution in [-0.4, -0.2) is 10.1 Å². The summed E-state index contributed by atoms with van der Waals surface area (Å²) in [7, 11) is 0. The number of phenols is 1. The second kappa shape index (κ2) is 7.60. The quantitative estimate of drug-likeness (QED) is 0.506. The smallest absolute Gasteiger partial charge is 0.121 e. The third-order valence-electron chi connectivity index (χ3n) is 4.94. The van der Waals surface area contributed by atoms with Gasteiger partial charge >= 0.3 is 0 Å². The van der Waals surface area contributed by atoms with Crippen molar-refractivity contribution >= 4 is 10.8 Å². The number of fused-ring (bicyclic) bond motifs is 1. The molecule has 0 saturated carbocycles. The predicted octanol–water partition coefficient (Wildman–Crippen LogP) is 5.38. The zero-order chi connectivity index (χ0) is 18.6. The molecule has 27 heavy (non-hydrogen) atoms. The Morgan fingerprint density at radius 1 is 0.815 bits per heavy atom. The number of aromatic hydroxyl groups is 1. The van der Waals surface area contributed by atoms with E-state index in [0.717, 1.165) is 22.0 Å². The molecule has 134 valence electrons. The van der Waals surface area contributed by atoms with Gasteiger partial charge in [0.15, 0.2) is 0 Å². The highest BCUT2D eigenvalue weighted by molar-refractivity contribution is 5.88.